The first kappa shape index (κ1) is 4.80. The smallest absolute Gasteiger partial charge is 0.0571 e. The summed E-state index contributed by atoms with van der Waals surface area (Å²) in [6, 6.07) is 0. The summed E-state index contributed by atoms with van der Waals surface area (Å²) in [5, 5.41) is 9.12. The maximum absolute atomic E-state index is 9.12. The molecule has 2 fully saturated rings. The Labute approximate surface area is 49.7 Å². The number of aliphatic hydroxyl groups is 1. The van der Waals surface area contributed by atoms with Crippen LogP contribution in [-0.4, -0.2) is 11.2 Å². The van der Waals surface area contributed by atoms with Crippen LogP contribution in [0.25, 0.3) is 0 Å². The molecule has 0 aromatic rings. The lowest BCUT2D eigenvalue weighted by Gasteiger charge is -2.32. The predicted molar refractivity (Wildman–Crippen MR) is 31.5 cm³/mol. The van der Waals surface area contributed by atoms with Gasteiger partial charge >= 0.3 is 0 Å². The van der Waals surface area contributed by atoms with Crippen LogP contribution < -0.4 is 0 Å². The fourth-order valence-electron chi connectivity index (χ4n) is 1.58. The zero-order valence-electron chi connectivity index (χ0n) is 5.01. The van der Waals surface area contributed by atoms with E-state index in [-0.39, 0.29) is 6.10 Å². The van der Waals surface area contributed by atoms with Crippen LogP contribution in [-0.2, 0) is 0 Å². The Morgan fingerprint density at radius 2 is 1.75 bits per heavy atom. The van der Waals surface area contributed by atoms with E-state index in [4.69, 9.17) is 5.11 Å². The Balaban J connectivity index is 1.87. The van der Waals surface area contributed by atoms with Gasteiger partial charge in [0.25, 0.3) is 0 Å². The van der Waals surface area contributed by atoms with Crippen LogP contribution in [0, 0.1) is 11.8 Å². The molecule has 1 nitrogen and oxygen atoms in total. The first-order valence-corrected chi connectivity index (χ1v) is 3.56. The van der Waals surface area contributed by atoms with Crippen LogP contribution in [0.3, 0.4) is 0 Å². The van der Waals surface area contributed by atoms with E-state index in [0.29, 0.717) is 0 Å². The summed E-state index contributed by atoms with van der Waals surface area (Å²) in [6.45, 7) is 0. The molecule has 46 valence electrons. The summed E-state index contributed by atoms with van der Waals surface area (Å²) in [5.74, 6) is 1.65. The van der Waals surface area contributed by atoms with E-state index in [0.717, 1.165) is 18.3 Å². The Morgan fingerprint density at radius 3 is 1.88 bits per heavy atom. The van der Waals surface area contributed by atoms with Crippen molar-refractivity contribution in [3.63, 3.8) is 0 Å². The van der Waals surface area contributed by atoms with Gasteiger partial charge in [-0.1, -0.05) is 0 Å². The number of hydrogen-bond acceptors (Lipinski definition) is 1. The zero-order chi connectivity index (χ0) is 5.56. The molecule has 0 saturated heterocycles. The van der Waals surface area contributed by atoms with Crippen molar-refractivity contribution < 1.29 is 5.11 Å². The maximum atomic E-state index is 9.12. The summed E-state index contributed by atoms with van der Waals surface area (Å²) in [7, 11) is 0. The summed E-state index contributed by atoms with van der Waals surface area (Å²) in [6.07, 6.45) is 5.23. The highest BCUT2D eigenvalue weighted by Crippen LogP contribution is 2.46. The average Bonchev–Trinajstić information content (AvgIpc) is 2.46. The molecule has 0 aliphatic heterocycles. The summed E-state index contributed by atoms with van der Waals surface area (Å²) < 4.78 is 0. The predicted octanol–water partition coefficient (Wildman–Crippen LogP) is 1.17. The molecule has 2 aliphatic carbocycles. The molecule has 0 bridgehead atoms. The fourth-order valence-corrected chi connectivity index (χ4v) is 1.58. The third-order valence-corrected chi connectivity index (χ3v) is 2.52. The molecule has 1 N–H and O–H groups in total. The van der Waals surface area contributed by atoms with Crippen molar-refractivity contribution in [2.24, 2.45) is 11.8 Å². The number of aliphatic hydroxyl groups excluding tert-OH is 1. The van der Waals surface area contributed by atoms with Crippen LogP contribution in [0.15, 0.2) is 0 Å². The highest BCUT2D eigenvalue weighted by molar-refractivity contribution is 4.91. The van der Waals surface area contributed by atoms with E-state index < -0.39 is 0 Å². The van der Waals surface area contributed by atoms with E-state index in [2.05, 4.69) is 0 Å². The van der Waals surface area contributed by atoms with E-state index in [1.807, 2.05) is 0 Å². The quantitative estimate of drug-likeness (QED) is 0.539. The van der Waals surface area contributed by atoms with Gasteiger partial charge in [-0.15, -0.1) is 0 Å². The van der Waals surface area contributed by atoms with Crippen molar-refractivity contribution in [1.29, 1.82) is 0 Å². The standard InChI is InChI=1S/C7H12O/c8-7-4-3-6(7)5-1-2-5/h5-8H,1-4H2. The molecule has 2 saturated carbocycles. The number of hydrogen-bond donors (Lipinski definition) is 1. The summed E-state index contributed by atoms with van der Waals surface area (Å²) in [4.78, 5) is 0. The van der Waals surface area contributed by atoms with Crippen molar-refractivity contribution in [3.05, 3.63) is 0 Å². The second-order valence-corrected chi connectivity index (χ2v) is 3.15. The van der Waals surface area contributed by atoms with Crippen molar-refractivity contribution in [2.75, 3.05) is 0 Å². The first-order chi connectivity index (χ1) is 3.88. The van der Waals surface area contributed by atoms with Gasteiger partial charge in [-0.2, -0.15) is 0 Å². The summed E-state index contributed by atoms with van der Waals surface area (Å²) >= 11 is 0. The maximum Gasteiger partial charge on any atom is 0.0571 e. The topological polar surface area (TPSA) is 20.2 Å². The van der Waals surface area contributed by atoms with Gasteiger partial charge in [0, 0.05) is 0 Å². The van der Waals surface area contributed by atoms with Gasteiger partial charge in [-0.25, -0.2) is 0 Å². The van der Waals surface area contributed by atoms with Gasteiger partial charge in [0.1, 0.15) is 0 Å². The Hall–Kier alpha value is -0.0400. The van der Waals surface area contributed by atoms with Crippen LogP contribution in [0.2, 0.25) is 0 Å². The van der Waals surface area contributed by atoms with Crippen molar-refractivity contribution in [3.8, 4) is 0 Å². The molecule has 0 amide bonds. The molecule has 2 unspecified atom stereocenters. The van der Waals surface area contributed by atoms with Crippen molar-refractivity contribution >= 4 is 0 Å². The minimum absolute atomic E-state index is 0.0856. The molecular formula is C7H12O. The summed E-state index contributed by atoms with van der Waals surface area (Å²) in [5.41, 5.74) is 0. The molecule has 0 aromatic heterocycles. The van der Waals surface area contributed by atoms with E-state index in [9.17, 15) is 0 Å². The third kappa shape index (κ3) is 0.576. The van der Waals surface area contributed by atoms with Crippen LogP contribution in [0.1, 0.15) is 25.7 Å². The lowest BCUT2D eigenvalue weighted by molar-refractivity contribution is 0.0118. The molecule has 2 atom stereocenters. The number of rotatable bonds is 1. The molecule has 0 spiro atoms. The minimum Gasteiger partial charge on any atom is -0.393 e. The van der Waals surface area contributed by atoms with Gasteiger partial charge < -0.3 is 5.11 Å². The second kappa shape index (κ2) is 1.47. The van der Waals surface area contributed by atoms with E-state index in [1.54, 1.807) is 0 Å². The molecule has 0 aromatic carbocycles. The third-order valence-electron chi connectivity index (χ3n) is 2.52. The highest BCUT2D eigenvalue weighted by Gasteiger charge is 2.40. The van der Waals surface area contributed by atoms with Crippen LogP contribution in [0.5, 0.6) is 0 Å². The molecule has 0 radical (unpaired) electrons. The Bertz CT molecular complexity index is 94.6. The van der Waals surface area contributed by atoms with Gasteiger partial charge in [-0.05, 0) is 37.5 Å². The monoisotopic (exact) mass is 112 g/mol. The van der Waals surface area contributed by atoms with E-state index >= 15 is 0 Å². The lowest BCUT2D eigenvalue weighted by atomic mass is 9.78. The molecule has 1 heteroatoms. The average molecular weight is 112 g/mol. The molecule has 2 aliphatic rings. The highest BCUT2D eigenvalue weighted by atomic mass is 16.3. The normalized spacial score (nSPS) is 46.1. The fraction of sp³-hybridized carbons (Fsp3) is 1.00. The lowest BCUT2D eigenvalue weighted by Crippen LogP contribution is -2.32. The van der Waals surface area contributed by atoms with Gasteiger partial charge in [0.15, 0.2) is 0 Å². The van der Waals surface area contributed by atoms with Crippen molar-refractivity contribution in [2.45, 2.75) is 31.8 Å². The van der Waals surface area contributed by atoms with Crippen LogP contribution in [0.4, 0.5) is 0 Å². The van der Waals surface area contributed by atoms with Crippen LogP contribution >= 0.6 is 0 Å². The Morgan fingerprint density at radius 1 is 1.00 bits per heavy atom. The van der Waals surface area contributed by atoms with Gasteiger partial charge in [0.2, 0.25) is 0 Å². The van der Waals surface area contributed by atoms with E-state index in [1.165, 1.54) is 19.3 Å². The van der Waals surface area contributed by atoms with Gasteiger partial charge in [-0.3, -0.25) is 0 Å². The molecule has 8 heavy (non-hydrogen) atoms. The second-order valence-electron chi connectivity index (χ2n) is 3.15. The molecular weight excluding hydrogens is 100 g/mol. The first-order valence-electron chi connectivity index (χ1n) is 3.56. The largest absolute Gasteiger partial charge is 0.393 e. The zero-order valence-corrected chi connectivity index (χ0v) is 5.01. The van der Waals surface area contributed by atoms with Crippen molar-refractivity contribution in [1.82, 2.24) is 0 Å². The molecule has 2 rings (SSSR count). The van der Waals surface area contributed by atoms with Gasteiger partial charge in [0.05, 0.1) is 6.10 Å². The Kier molecular flexibility index (Phi) is 0.884. The molecule has 0 heterocycles. The SMILES string of the molecule is OC1CCC1C1CC1. The minimum atomic E-state index is 0.0856.